The predicted molar refractivity (Wildman–Crippen MR) is 130 cm³/mol. The zero-order valence-corrected chi connectivity index (χ0v) is 18.8. The number of imide groups is 1. The topological polar surface area (TPSA) is 61.9 Å². The maximum Gasteiger partial charge on any atom is 0.282 e. The zero-order chi connectivity index (χ0) is 23.7. The number of carbonyl (C=O) groups excluding carboxylic acids is 2. The summed E-state index contributed by atoms with van der Waals surface area (Å²) < 4.78 is 19.8. The number of hydrogen-bond acceptors (Lipinski definition) is 5. The largest absolute Gasteiger partial charge is 0.497 e. The number of rotatable bonds is 6. The van der Waals surface area contributed by atoms with Crippen molar-refractivity contribution < 1.29 is 18.7 Å². The third-order valence-corrected chi connectivity index (χ3v) is 6.16. The summed E-state index contributed by atoms with van der Waals surface area (Å²) in [6.45, 7) is 2.06. The number of benzene rings is 3. The van der Waals surface area contributed by atoms with E-state index in [4.69, 9.17) is 4.74 Å². The summed E-state index contributed by atoms with van der Waals surface area (Å²) in [4.78, 5) is 30.1. The number of carbonyl (C=O) groups is 2. The molecular weight excluding hydrogens is 433 g/mol. The molecule has 0 radical (unpaired) electrons. The lowest BCUT2D eigenvalue weighted by Crippen LogP contribution is -2.33. The van der Waals surface area contributed by atoms with Crippen molar-refractivity contribution in [3.05, 3.63) is 89.9 Å². The van der Waals surface area contributed by atoms with Gasteiger partial charge in [0.15, 0.2) is 0 Å². The smallest absolute Gasteiger partial charge is 0.282 e. The number of hydrogen-bond donors (Lipinski definition) is 1. The van der Waals surface area contributed by atoms with Gasteiger partial charge in [0.05, 0.1) is 18.4 Å². The van der Waals surface area contributed by atoms with Crippen LogP contribution >= 0.6 is 0 Å². The molecule has 0 aromatic heterocycles. The standard InChI is InChI=1S/C27H24FN3O3/c1-34-21-14-8-18(9-15-21)24-25(27(33)31(26(24)32)23-7-3-2-6-22(23)28)29-19-10-12-20(13-11-19)30-16-4-5-17-30/h2-3,6-15,29H,4-5,16-17H2,1H3. The third-order valence-electron chi connectivity index (χ3n) is 6.16. The minimum atomic E-state index is -0.644. The molecule has 172 valence electrons. The van der Waals surface area contributed by atoms with Gasteiger partial charge in [0.2, 0.25) is 0 Å². The van der Waals surface area contributed by atoms with Crippen molar-refractivity contribution in [1.29, 1.82) is 0 Å². The number of anilines is 3. The Morgan fingerprint density at radius 3 is 2.18 bits per heavy atom. The fourth-order valence-corrected chi connectivity index (χ4v) is 4.40. The van der Waals surface area contributed by atoms with Crippen LogP contribution in [0, 0.1) is 5.82 Å². The predicted octanol–water partition coefficient (Wildman–Crippen LogP) is 4.83. The van der Waals surface area contributed by atoms with Crippen LogP contribution in [0.4, 0.5) is 21.5 Å². The van der Waals surface area contributed by atoms with Gasteiger partial charge in [0.1, 0.15) is 17.3 Å². The maximum atomic E-state index is 14.6. The minimum Gasteiger partial charge on any atom is -0.497 e. The number of para-hydroxylation sites is 1. The number of nitrogens with zero attached hydrogens (tertiary/aromatic N) is 2. The first-order valence-corrected chi connectivity index (χ1v) is 11.2. The fraction of sp³-hybridized carbons (Fsp3) is 0.185. The Balaban J connectivity index is 1.53. The summed E-state index contributed by atoms with van der Waals surface area (Å²) >= 11 is 0. The number of halogens is 1. The van der Waals surface area contributed by atoms with Crippen molar-refractivity contribution >= 4 is 34.4 Å². The molecule has 0 atom stereocenters. The lowest BCUT2D eigenvalue weighted by molar-refractivity contribution is -0.120. The molecule has 5 rings (SSSR count). The number of amides is 2. The maximum absolute atomic E-state index is 14.6. The van der Waals surface area contributed by atoms with Crippen molar-refractivity contribution in [2.75, 3.05) is 35.3 Å². The monoisotopic (exact) mass is 457 g/mol. The molecule has 1 saturated heterocycles. The van der Waals surface area contributed by atoms with Crippen LogP contribution in [-0.2, 0) is 9.59 Å². The molecule has 0 unspecified atom stereocenters. The Hall–Kier alpha value is -4.13. The van der Waals surface area contributed by atoms with Crippen LogP contribution in [0.25, 0.3) is 5.57 Å². The SMILES string of the molecule is COc1ccc(C2=C(Nc3ccc(N4CCCC4)cc3)C(=O)N(c3ccccc3F)C2=O)cc1. The normalized spacial score (nSPS) is 15.9. The summed E-state index contributed by atoms with van der Waals surface area (Å²) in [6.07, 6.45) is 2.36. The minimum absolute atomic E-state index is 0.0790. The van der Waals surface area contributed by atoms with Gasteiger partial charge in [-0.25, -0.2) is 9.29 Å². The highest BCUT2D eigenvalue weighted by molar-refractivity contribution is 6.46. The van der Waals surface area contributed by atoms with Gasteiger partial charge >= 0.3 is 0 Å². The Morgan fingerprint density at radius 1 is 0.853 bits per heavy atom. The molecule has 0 bridgehead atoms. The van der Waals surface area contributed by atoms with Crippen LogP contribution in [0.5, 0.6) is 5.75 Å². The van der Waals surface area contributed by atoms with Crippen LogP contribution < -0.4 is 19.9 Å². The summed E-state index contributed by atoms with van der Waals surface area (Å²) in [6, 6.07) is 20.4. The molecule has 2 aliphatic heterocycles. The van der Waals surface area contributed by atoms with Gasteiger partial charge in [-0.2, -0.15) is 0 Å². The van der Waals surface area contributed by atoms with E-state index in [-0.39, 0.29) is 17.0 Å². The van der Waals surface area contributed by atoms with Crippen molar-refractivity contribution in [1.82, 2.24) is 0 Å². The number of nitrogens with one attached hydrogen (secondary N) is 1. The van der Waals surface area contributed by atoms with Crippen molar-refractivity contribution in [2.45, 2.75) is 12.8 Å². The first-order valence-electron chi connectivity index (χ1n) is 11.2. The molecule has 1 fully saturated rings. The van der Waals surface area contributed by atoms with E-state index in [0.717, 1.165) is 23.7 Å². The second-order valence-electron chi connectivity index (χ2n) is 8.24. The van der Waals surface area contributed by atoms with Crippen LogP contribution in [0.1, 0.15) is 18.4 Å². The Morgan fingerprint density at radius 2 is 1.53 bits per heavy atom. The Kier molecular flexibility index (Phi) is 5.76. The van der Waals surface area contributed by atoms with Crippen molar-refractivity contribution in [2.24, 2.45) is 0 Å². The van der Waals surface area contributed by atoms with Crippen LogP contribution in [0.15, 0.2) is 78.5 Å². The number of ether oxygens (including phenoxy) is 1. The Bertz CT molecular complexity index is 1260. The van der Waals surface area contributed by atoms with E-state index in [1.807, 2.05) is 24.3 Å². The quantitative estimate of drug-likeness (QED) is 0.537. The van der Waals surface area contributed by atoms with Gasteiger partial charge in [0, 0.05) is 24.5 Å². The van der Waals surface area contributed by atoms with E-state index in [0.29, 0.717) is 17.0 Å². The van der Waals surface area contributed by atoms with Gasteiger partial charge in [-0.15, -0.1) is 0 Å². The van der Waals surface area contributed by atoms with Gasteiger partial charge in [-0.05, 0) is 66.9 Å². The molecule has 34 heavy (non-hydrogen) atoms. The molecule has 0 saturated carbocycles. The molecular formula is C27H24FN3O3. The van der Waals surface area contributed by atoms with Gasteiger partial charge in [-0.3, -0.25) is 9.59 Å². The molecule has 0 spiro atoms. The molecule has 0 aliphatic carbocycles. The van der Waals surface area contributed by atoms with Crippen LogP contribution in [-0.4, -0.2) is 32.0 Å². The second-order valence-corrected chi connectivity index (χ2v) is 8.24. The highest BCUT2D eigenvalue weighted by Gasteiger charge is 2.41. The van der Waals surface area contributed by atoms with E-state index >= 15 is 0 Å². The van der Waals surface area contributed by atoms with E-state index in [1.165, 1.54) is 31.0 Å². The highest BCUT2D eigenvalue weighted by Crippen LogP contribution is 2.35. The third kappa shape index (κ3) is 3.90. The van der Waals surface area contributed by atoms with Gasteiger partial charge in [0.25, 0.3) is 11.8 Å². The Labute approximate surface area is 197 Å². The van der Waals surface area contributed by atoms with E-state index in [2.05, 4.69) is 10.2 Å². The average molecular weight is 458 g/mol. The average Bonchev–Trinajstić information content (AvgIpc) is 3.48. The lowest BCUT2D eigenvalue weighted by Gasteiger charge is -2.18. The van der Waals surface area contributed by atoms with Crippen molar-refractivity contribution in [3.8, 4) is 5.75 Å². The molecule has 2 aliphatic rings. The highest BCUT2D eigenvalue weighted by atomic mass is 19.1. The summed E-state index contributed by atoms with van der Waals surface area (Å²) in [5.41, 5.74) is 2.53. The van der Waals surface area contributed by atoms with Gasteiger partial charge < -0.3 is 15.0 Å². The number of methoxy groups -OCH3 is 1. The van der Waals surface area contributed by atoms with Crippen LogP contribution in [0.3, 0.4) is 0 Å². The first kappa shape index (κ1) is 21.7. The molecule has 2 amide bonds. The summed E-state index contributed by atoms with van der Waals surface area (Å²) in [5, 5.41) is 3.13. The molecule has 3 aromatic rings. The summed E-state index contributed by atoms with van der Waals surface area (Å²) in [7, 11) is 1.55. The molecule has 7 heteroatoms. The molecule has 3 aromatic carbocycles. The molecule has 6 nitrogen and oxygen atoms in total. The van der Waals surface area contributed by atoms with E-state index < -0.39 is 17.6 Å². The summed E-state index contributed by atoms with van der Waals surface area (Å²) in [5.74, 6) is -1.21. The molecule has 2 heterocycles. The second kappa shape index (κ2) is 9.02. The van der Waals surface area contributed by atoms with E-state index in [1.54, 1.807) is 37.4 Å². The van der Waals surface area contributed by atoms with Gasteiger partial charge in [-0.1, -0.05) is 24.3 Å². The van der Waals surface area contributed by atoms with E-state index in [9.17, 15) is 14.0 Å². The fourth-order valence-electron chi connectivity index (χ4n) is 4.40. The van der Waals surface area contributed by atoms with Crippen LogP contribution in [0.2, 0.25) is 0 Å². The zero-order valence-electron chi connectivity index (χ0n) is 18.8. The first-order chi connectivity index (χ1) is 16.6. The van der Waals surface area contributed by atoms with Crippen molar-refractivity contribution in [3.63, 3.8) is 0 Å². The lowest BCUT2D eigenvalue weighted by atomic mass is 10.0. The molecule has 1 N–H and O–H groups in total.